The van der Waals surface area contributed by atoms with E-state index in [0.29, 0.717) is 30.1 Å². The van der Waals surface area contributed by atoms with Gasteiger partial charge in [-0.25, -0.2) is 15.6 Å². The number of fused-ring (bicyclic) bond motifs is 3. The number of hydrogen-bond donors (Lipinski definition) is 3. The van der Waals surface area contributed by atoms with Gasteiger partial charge in [0.15, 0.2) is 0 Å². The van der Waals surface area contributed by atoms with E-state index in [4.69, 9.17) is 5.84 Å². The highest BCUT2D eigenvalue weighted by atomic mass is 19.4. The number of carbonyl (C=O) groups excluding carboxylic acids is 1. The van der Waals surface area contributed by atoms with Crippen molar-refractivity contribution in [3.63, 3.8) is 0 Å². The van der Waals surface area contributed by atoms with Gasteiger partial charge in [0.05, 0.1) is 11.3 Å². The van der Waals surface area contributed by atoms with Gasteiger partial charge in [-0.2, -0.15) is 13.2 Å². The molecule has 2 aromatic heterocycles. The first-order chi connectivity index (χ1) is 19.6. The number of para-hydroxylation sites is 1. The first-order valence-corrected chi connectivity index (χ1v) is 14.3. The maximum atomic E-state index is 13.9. The molecule has 0 spiro atoms. The predicted octanol–water partition coefficient (Wildman–Crippen LogP) is 7.19. The topological polar surface area (TPSA) is 96.1 Å². The third-order valence-electron chi connectivity index (χ3n) is 7.64. The monoisotopic (exact) mass is 569 g/mol. The molecule has 0 aliphatic rings. The van der Waals surface area contributed by atoms with Gasteiger partial charge in [0, 0.05) is 46.7 Å². The molecule has 0 aliphatic heterocycles. The molecule has 4 aromatic rings. The van der Waals surface area contributed by atoms with Gasteiger partial charge in [0.1, 0.15) is 0 Å². The van der Waals surface area contributed by atoms with Crippen molar-refractivity contribution in [2.75, 3.05) is 11.6 Å². The number of nitrogens with one attached hydrogen (secondary N) is 2. The Kier molecular flexibility index (Phi) is 9.75. The zero-order chi connectivity index (χ0) is 29.6. The second kappa shape index (κ2) is 13.2. The summed E-state index contributed by atoms with van der Waals surface area (Å²) in [7, 11) is 0. The van der Waals surface area contributed by atoms with Gasteiger partial charge in [-0.15, -0.1) is 0 Å². The summed E-state index contributed by atoms with van der Waals surface area (Å²) in [4.78, 5) is 26.7. The fourth-order valence-electron chi connectivity index (χ4n) is 5.64. The number of anilines is 1. The lowest BCUT2D eigenvalue weighted by atomic mass is 10.0. The Labute approximate surface area is 237 Å². The lowest BCUT2D eigenvalue weighted by Crippen LogP contribution is -2.45. The van der Waals surface area contributed by atoms with Crippen LogP contribution >= 0.6 is 0 Å². The number of H-pyrrole nitrogens is 1. The van der Waals surface area contributed by atoms with E-state index in [1.807, 2.05) is 38.1 Å². The molecule has 2 amide bonds. The number of aromatic amines is 1. The SMILES string of the molecule is CCc1c(C)c2c3c(C(F)(F)F)cc(=O)[nH]c3ccc2n1CCCCCCCCCNC(=O)N(N)c1ccccc1. The maximum absolute atomic E-state index is 13.9. The normalized spacial score (nSPS) is 11.9. The third kappa shape index (κ3) is 6.93. The van der Waals surface area contributed by atoms with Crippen LogP contribution in [0.25, 0.3) is 21.8 Å². The summed E-state index contributed by atoms with van der Waals surface area (Å²) in [5, 5.41) is 4.58. The number of halogens is 3. The second-order valence-electron chi connectivity index (χ2n) is 10.4. The van der Waals surface area contributed by atoms with E-state index in [9.17, 15) is 22.8 Å². The van der Waals surface area contributed by atoms with Crippen LogP contribution in [0.2, 0.25) is 0 Å². The Morgan fingerprint density at radius 1 is 0.976 bits per heavy atom. The van der Waals surface area contributed by atoms with Gasteiger partial charge in [-0.05, 0) is 56.0 Å². The van der Waals surface area contributed by atoms with Crippen molar-refractivity contribution >= 4 is 33.5 Å². The average Bonchev–Trinajstić information content (AvgIpc) is 3.23. The number of carbonyl (C=O) groups is 1. The first-order valence-electron chi connectivity index (χ1n) is 14.3. The number of aryl methyl sites for hydroxylation is 2. The van der Waals surface area contributed by atoms with Crippen molar-refractivity contribution in [1.82, 2.24) is 14.9 Å². The summed E-state index contributed by atoms with van der Waals surface area (Å²) in [6.07, 6.45) is 3.13. The molecule has 10 heteroatoms. The minimum Gasteiger partial charge on any atom is -0.344 e. The molecule has 4 rings (SSSR count). The average molecular weight is 570 g/mol. The van der Waals surface area contributed by atoms with Gasteiger partial charge in [-0.1, -0.05) is 57.2 Å². The number of nitrogens with zero attached hydrogens (tertiary/aromatic N) is 2. The van der Waals surface area contributed by atoms with Crippen LogP contribution in [0.3, 0.4) is 0 Å². The Bertz CT molecular complexity index is 1540. The van der Waals surface area contributed by atoms with Crippen LogP contribution < -0.4 is 21.7 Å². The number of hydrogen-bond acceptors (Lipinski definition) is 3. The quantitative estimate of drug-likeness (QED) is 0.0729. The molecule has 0 unspecified atom stereocenters. The maximum Gasteiger partial charge on any atom is 0.417 e. The van der Waals surface area contributed by atoms with Crippen molar-refractivity contribution in [2.45, 2.75) is 77.9 Å². The van der Waals surface area contributed by atoms with E-state index in [1.165, 1.54) is 0 Å². The van der Waals surface area contributed by atoms with Crippen LogP contribution in [0.4, 0.5) is 23.7 Å². The van der Waals surface area contributed by atoms with Crippen LogP contribution in [0.1, 0.15) is 68.7 Å². The van der Waals surface area contributed by atoms with E-state index in [2.05, 4.69) is 14.9 Å². The Morgan fingerprint density at radius 2 is 1.63 bits per heavy atom. The number of alkyl halides is 3. The van der Waals surface area contributed by atoms with Gasteiger partial charge in [0.2, 0.25) is 5.56 Å². The second-order valence-corrected chi connectivity index (χ2v) is 10.4. The van der Waals surface area contributed by atoms with Gasteiger partial charge >= 0.3 is 12.2 Å². The van der Waals surface area contributed by atoms with Crippen molar-refractivity contribution < 1.29 is 18.0 Å². The van der Waals surface area contributed by atoms with E-state index >= 15 is 0 Å². The number of pyridine rings is 1. The van der Waals surface area contributed by atoms with Crippen LogP contribution in [0.5, 0.6) is 0 Å². The molecule has 41 heavy (non-hydrogen) atoms. The number of urea groups is 1. The third-order valence-corrected chi connectivity index (χ3v) is 7.64. The van der Waals surface area contributed by atoms with Crippen LogP contribution in [0, 0.1) is 6.92 Å². The highest BCUT2D eigenvalue weighted by Crippen LogP contribution is 2.39. The molecule has 0 saturated carbocycles. The highest BCUT2D eigenvalue weighted by molar-refractivity contribution is 6.09. The van der Waals surface area contributed by atoms with E-state index in [1.54, 1.807) is 18.2 Å². The smallest absolute Gasteiger partial charge is 0.344 e. The minimum absolute atomic E-state index is 0.0657. The number of aromatic nitrogens is 2. The van der Waals surface area contributed by atoms with E-state index < -0.39 is 17.3 Å². The molecular formula is C31H38F3N5O2. The molecular weight excluding hydrogens is 531 g/mol. The Balaban J connectivity index is 1.27. The number of benzene rings is 2. The molecule has 0 saturated heterocycles. The number of nitrogens with two attached hydrogens (primary N) is 1. The summed E-state index contributed by atoms with van der Waals surface area (Å²) >= 11 is 0. The Hall–Kier alpha value is -3.79. The molecule has 4 N–H and O–H groups in total. The predicted molar refractivity (Wildman–Crippen MR) is 158 cm³/mol. The zero-order valence-electron chi connectivity index (χ0n) is 23.6. The Morgan fingerprint density at radius 3 is 2.29 bits per heavy atom. The van der Waals surface area contributed by atoms with E-state index in [0.717, 1.165) is 73.3 Å². The molecule has 2 heterocycles. The highest BCUT2D eigenvalue weighted by Gasteiger charge is 2.34. The van der Waals surface area contributed by atoms with Gasteiger partial charge in [0.25, 0.3) is 0 Å². The molecule has 0 fully saturated rings. The zero-order valence-corrected chi connectivity index (χ0v) is 23.6. The fraction of sp³-hybridized carbons (Fsp3) is 0.419. The standard InChI is InChI=1S/C31H38F3N5O2/c1-3-25-21(2)28-26(17-16-24-29(28)23(31(32,33)34)20-27(40)37-24)38(25)19-13-8-6-4-5-7-12-18-36-30(41)39(35)22-14-10-9-11-15-22/h9-11,14-17,20H,3-8,12-13,18-19,35H2,1-2H3,(H,36,41)(H,37,40). The summed E-state index contributed by atoms with van der Waals surface area (Å²) < 4.78 is 43.9. The van der Waals surface area contributed by atoms with Gasteiger partial charge < -0.3 is 14.9 Å². The molecule has 2 aromatic carbocycles. The molecule has 0 aliphatic carbocycles. The minimum atomic E-state index is -4.62. The van der Waals surface area contributed by atoms with Crippen molar-refractivity contribution in [3.05, 3.63) is 75.7 Å². The molecule has 0 radical (unpaired) electrons. The molecule has 220 valence electrons. The molecule has 0 atom stereocenters. The van der Waals surface area contributed by atoms with E-state index in [-0.39, 0.29) is 16.9 Å². The fourth-order valence-corrected chi connectivity index (χ4v) is 5.64. The van der Waals surface area contributed by atoms with Crippen molar-refractivity contribution in [1.29, 1.82) is 0 Å². The number of hydrazine groups is 1. The van der Waals surface area contributed by atoms with Crippen molar-refractivity contribution in [3.8, 4) is 0 Å². The number of rotatable bonds is 12. The molecule has 7 nitrogen and oxygen atoms in total. The lowest BCUT2D eigenvalue weighted by molar-refractivity contribution is -0.136. The lowest BCUT2D eigenvalue weighted by Gasteiger charge is -2.17. The number of unbranched alkanes of at least 4 members (excludes halogenated alkanes) is 6. The first kappa shape index (κ1) is 30.2. The summed E-state index contributed by atoms with van der Waals surface area (Å²) in [6.45, 7) is 5.18. The summed E-state index contributed by atoms with van der Waals surface area (Å²) in [6, 6.07) is 12.8. The largest absolute Gasteiger partial charge is 0.417 e. The van der Waals surface area contributed by atoms with Crippen LogP contribution in [-0.2, 0) is 19.1 Å². The van der Waals surface area contributed by atoms with Gasteiger partial charge in [-0.3, -0.25) is 4.79 Å². The van der Waals surface area contributed by atoms with Crippen LogP contribution in [0.15, 0.2) is 53.3 Å². The summed E-state index contributed by atoms with van der Waals surface area (Å²) in [5.41, 5.74) is 1.82. The summed E-state index contributed by atoms with van der Waals surface area (Å²) in [5.74, 6) is 5.85. The van der Waals surface area contributed by atoms with Crippen LogP contribution in [-0.4, -0.2) is 22.1 Å². The molecule has 0 bridgehead atoms. The van der Waals surface area contributed by atoms with Crippen molar-refractivity contribution in [2.24, 2.45) is 5.84 Å². The number of amides is 2.